The molecule has 0 saturated heterocycles. The molecule has 4 rings (SSSR count). The van der Waals surface area contributed by atoms with Gasteiger partial charge in [-0.15, -0.1) is 0 Å². The Hall–Kier alpha value is -2.91. The quantitative estimate of drug-likeness (QED) is 0.667. The number of nitrogens with zero attached hydrogens (tertiary/aromatic N) is 3. The zero-order valence-electron chi connectivity index (χ0n) is 17.9. The van der Waals surface area contributed by atoms with Crippen LogP contribution in [0.3, 0.4) is 0 Å². The Balaban J connectivity index is 1.49. The van der Waals surface area contributed by atoms with E-state index in [1.54, 1.807) is 4.90 Å². The lowest BCUT2D eigenvalue weighted by Gasteiger charge is -2.31. The molecule has 1 amide bonds. The molecular weight excluding hydrogens is 442 g/mol. The van der Waals surface area contributed by atoms with Crippen LogP contribution >= 0.6 is 0 Å². The lowest BCUT2D eigenvalue weighted by atomic mass is 9.80. The molecule has 2 aliphatic rings. The van der Waals surface area contributed by atoms with E-state index in [1.165, 1.54) is 28.9 Å². The summed E-state index contributed by atoms with van der Waals surface area (Å²) in [5.41, 5.74) is 0.129. The topological polar surface area (TPSA) is 75.4 Å². The van der Waals surface area contributed by atoms with Gasteiger partial charge in [-0.2, -0.15) is 18.3 Å². The number of rotatable bonds is 5. The van der Waals surface area contributed by atoms with Gasteiger partial charge in [0.1, 0.15) is 5.82 Å². The number of amides is 1. The molecule has 0 bridgehead atoms. The average Bonchev–Trinajstić information content (AvgIpc) is 3.14. The molecule has 178 valence electrons. The van der Waals surface area contributed by atoms with Crippen molar-refractivity contribution in [2.45, 2.75) is 57.8 Å². The molecule has 0 radical (unpaired) electrons. The summed E-state index contributed by atoms with van der Waals surface area (Å²) in [6, 6.07) is 5.47. The van der Waals surface area contributed by atoms with Gasteiger partial charge in [-0.05, 0) is 55.7 Å². The van der Waals surface area contributed by atoms with Crippen molar-refractivity contribution in [1.29, 1.82) is 0 Å². The Morgan fingerprint density at radius 3 is 2.36 bits per heavy atom. The number of carbonyl (C=O) groups is 2. The maximum Gasteiger partial charge on any atom is 0.435 e. The molecule has 0 unspecified atom stereocenters. The van der Waals surface area contributed by atoms with Gasteiger partial charge in [-0.3, -0.25) is 14.3 Å². The summed E-state index contributed by atoms with van der Waals surface area (Å²) in [6.07, 6.45) is -1.89. The van der Waals surface area contributed by atoms with Crippen molar-refractivity contribution in [3.05, 3.63) is 52.6 Å². The number of carbonyl (C=O) groups excluding carboxylic acids is 1. The van der Waals surface area contributed by atoms with Gasteiger partial charge in [0.15, 0.2) is 5.69 Å². The SMILES string of the molecule is O=C(C[C@H]1CC[C@@H](C(=O)O)CC1)N1CCc2c(C(F)(F)F)nn(Cc3ccc(F)cc3)c2C1. The lowest BCUT2D eigenvalue weighted by molar-refractivity contribution is -0.143. The molecule has 1 saturated carbocycles. The van der Waals surface area contributed by atoms with E-state index in [9.17, 15) is 27.2 Å². The Bertz CT molecular complexity index is 1020. The number of aromatic nitrogens is 2. The van der Waals surface area contributed by atoms with Gasteiger partial charge >= 0.3 is 12.1 Å². The summed E-state index contributed by atoms with van der Waals surface area (Å²) < 4.78 is 55.2. The number of fused-ring (bicyclic) bond motifs is 1. The van der Waals surface area contributed by atoms with Gasteiger partial charge in [-0.1, -0.05) is 12.1 Å². The highest BCUT2D eigenvalue weighted by Gasteiger charge is 2.41. The molecule has 0 spiro atoms. The first kappa shape index (κ1) is 23.3. The Morgan fingerprint density at radius 1 is 1.09 bits per heavy atom. The maximum atomic E-state index is 13.6. The maximum absolute atomic E-state index is 13.6. The molecule has 1 fully saturated rings. The zero-order valence-corrected chi connectivity index (χ0v) is 17.9. The van der Waals surface area contributed by atoms with Crippen LogP contribution in [0.2, 0.25) is 0 Å². The van der Waals surface area contributed by atoms with E-state index in [-0.39, 0.29) is 55.8 Å². The Labute approximate surface area is 188 Å². The number of hydrogen-bond acceptors (Lipinski definition) is 3. The van der Waals surface area contributed by atoms with E-state index in [0.29, 0.717) is 36.9 Å². The molecule has 33 heavy (non-hydrogen) atoms. The molecule has 0 atom stereocenters. The molecule has 2 aromatic rings. The predicted octanol–water partition coefficient (Wildman–Crippen LogP) is 4.26. The summed E-state index contributed by atoms with van der Waals surface area (Å²) in [4.78, 5) is 25.6. The van der Waals surface area contributed by atoms with Crippen molar-refractivity contribution in [1.82, 2.24) is 14.7 Å². The molecule has 1 aliphatic carbocycles. The van der Waals surface area contributed by atoms with Crippen molar-refractivity contribution < 1.29 is 32.3 Å². The van der Waals surface area contributed by atoms with Crippen molar-refractivity contribution >= 4 is 11.9 Å². The highest BCUT2D eigenvalue weighted by atomic mass is 19.4. The summed E-state index contributed by atoms with van der Waals surface area (Å²) in [5.74, 6) is -1.66. The second-order valence-electron chi connectivity index (χ2n) is 8.88. The van der Waals surface area contributed by atoms with E-state index in [1.807, 2.05) is 0 Å². The molecule has 1 aromatic heterocycles. The van der Waals surface area contributed by atoms with Gasteiger partial charge in [0.25, 0.3) is 0 Å². The van der Waals surface area contributed by atoms with Crippen LogP contribution in [-0.2, 0) is 35.3 Å². The van der Waals surface area contributed by atoms with Crippen molar-refractivity contribution in [3.8, 4) is 0 Å². The number of halogens is 4. The van der Waals surface area contributed by atoms with Gasteiger partial charge in [0, 0.05) is 18.5 Å². The van der Waals surface area contributed by atoms with Crippen LogP contribution < -0.4 is 0 Å². The summed E-state index contributed by atoms with van der Waals surface area (Å²) in [6.45, 7) is 0.254. The average molecular weight is 467 g/mol. The zero-order chi connectivity index (χ0) is 23.8. The van der Waals surface area contributed by atoms with Crippen LogP contribution in [0.15, 0.2) is 24.3 Å². The van der Waals surface area contributed by atoms with Crippen LogP contribution in [0.1, 0.15) is 54.6 Å². The third-order valence-corrected chi connectivity index (χ3v) is 6.66. The molecular formula is C23H25F4N3O3. The fourth-order valence-corrected chi connectivity index (χ4v) is 4.80. The van der Waals surface area contributed by atoms with E-state index in [2.05, 4.69) is 5.10 Å². The number of carboxylic acids is 1. The van der Waals surface area contributed by atoms with Crippen LogP contribution in [0.5, 0.6) is 0 Å². The van der Waals surface area contributed by atoms with Crippen LogP contribution in [0.4, 0.5) is 17.6 Å². The lowest BCUT2D eigenvalue weighted by Crippen LogP contribution is -2.38. The number of carboxylic acid groups (broad SMARTS) is 1. The number of hydrogen-bond donors (Lipinski definition) is 1. The first-order chi connectivity index (χ1) is 15.6. The minimum atomic E-state index is -4.60. The number of benzene rings is 1. The Kier molecular flexibility index (Phi) is 6.45. The van der Waals surface area contributed by atoms with Gasteiger partial charge < -0.3 is 10.0 Å². The fourth-order valence-electron chi connectivity index (χ4n) is 4.80. The summed E-state index contributed by atoms with van der Waals surface area (Å²) in [5, 5.41) is 12.9. The van der Waals surface area contributed by atoms with Crippen molar-refractivity contribution in [2.75, 3.05) is 6.54 Å². The molecule has 1 N–H and O–H groups in total. The van der Waals surface area contributed by atoms with E-state index >= 15 is 0 Å². The monoisotopic (exact) mass is 467 g/mol. The summed E-state index contributed by atoms with van der Waals surface area (Å²) >= 11 is 0. The highest BCUT2D eigenvalue weighted by Crippen LogP contribution is 2.36. The number of alkyl halides is 3. The molecule has 2 heterocycles. The van der Waals surface area contributed by atoms with Crippen LogP contribution in [0.25, 0.3) is 0 Å². The standard InChI is InChI=1S/C23H25F4N3O3/c24-17-7-3-15(4-8-17)12-30-19-13-29(10-9-18(19)21(28-30)23(25,26)27)20(31)11-14-1-5-16(6-2-14)22(32)33/h3-4,7-8,14,16H,1-2,5-6,9-13H2,(H,32,33)/t14-,16+. The predicted molar refractivity (Wildman–Crippen MR) is 110 cm³/mol. The molecule has 1 aromatic carbocycles. The van der Waals surface area contributed by atoms with Crippen molar-refractivity contribution in [2.24, 2.45) is 11.8 Å². The third-order valence-electron chi connectivity index (χ3n) is 6.66. The van der Waals surface area contributed by atoms with Gasteiger partial charge in [0.05, 0.1) is 24.7 Å². The second-order valence-corrected chi connectivity index (χ2v) is 8.88. The number of aliphatic carboxylic acids is 1. The first-order valence-corrected chi connectivity index (χ1v) is 11.0. The second kappa shape index (κ2) is 9.15. The Morgan fingerprint density at radius 2 is 1.76 bits per heavy atom. The minimum Gasteiger partial charge on any atom is -0.481 e. The van der Waals surface area contributed by atoms with Crippen LogP contribution in [0, 0.1) is 17.7 Å². The van der Waals surface area contributed by atoms with E-state index in [4.69, 9.17) is 5.11 Å². The van der Waals surface area contributed by atoms with E-state index < -0.39 is 23.7 Å². The minimum absolute atomic E-state index is 0.0307. The first-order valence-electron chi connectivity index (χ1n) is 11.0. The third kappa shape index (κ3) is 5.20. The van der Waals surface area contributed by atoms with E-state index in [0.717, 1.165) is 0 Å². The fraction of sp³-hybridized carbons (Fsp3) is 0.522. The van der Waals surface area contributed by atoms with Gasteiger partial charge in [0.2, 0.25) is 5.91 Å². The van der Waals surface area contributed by atoms with Crippen molar-refractivity contribution in [3.63, 3.8) is 0 Å². The smallest absolute Gasteiger partial charge is 0.435 e. The molecule has 1 aliphatic heterocycles. The molecule has 10 heteroatoms. The molecule has 6 nitrogen and oxygen atoms in total. The summed E-state index contributed by atoms with van der Waals surface area (Å²) in [7, 11) is 0. The van der Waals surface area contributed by atoms with Crippen LogP contribution in [-0.4, -0.2) is 38.2 Å². The normalized spacial score (nSPS) is 21.0. The highest BCUT2D eigenvalue weighted by molar-refractivity contribution is 5.77. The van der Waals surface area contributed by atoms with Gasteiger partial charge in [-0.25, -0.2) is 4.39 Å². The largest absolute Gasteiger partial charge is 0.481 e.